The van der Waals surface area contributed by atoms with E-state index in [1.807, 2.05) is 0 Å². The summed E-state index contributed by atoms with van der Waals surface area (Å²) in [4.78, 5) is 27.2. The molecule has 1 saturated heterocycles. The van der Waals surface area contributed by atoms with Crippen LogP contribution in [0.4, 0.5) is 13.2 Å². The molecular weight excluding hydrogens is 309 g/mol. The fourth-order valence-corrected chi connectivity index (χ4v) is 2.51. The van der Waals surface area contributed by atoms with Gasteiger partial charge in [-0.25, -0.2) is 0 Å². The van der Waals surface area contributed by atoms with E-state index in [1.54, 1.807) is 6.08 Å². The van der Waals surface area contributed by atoms with Crippen LogP contribution in [0.15, 0.2) is 36.9 Å². The zero-order chi connectivity index (χ0) is 17.0. The van der Waals surface area contributed by atoms with E-state index in [4.69, 9.17) is 0 Å². The molecule has 124 valence electrons. The number of hydrogen-bond donors (Lipinski definition) is 0. The second-order valence-electron chi connectivity index (χ2n) is 5.21. The summed E-state index contributed by atoms with van der Waals surface area (Å²) in [7, 11) is 0. The first kappa shape index (κ1) is 17.1. The summed E-state index contributed by atoms with van der Waals surface area (Å²) in [6, 6.07) is 4.70. The molecule has 0 aromatic heterocycles. The summed E-state index contributed by atoms with van der Waals surface area (Å²) in [5, 5.41) is 0. The van der Waals surface area contributed by atoms with E-state index in [-0.39, 0.29) is 37.5 Å². The van der Waals surface area contributed by atoms with Gasteiger partial charge in [-0.3, -0.25) is 9.59 Å². The molecule has 7 heteroatoms. The SMILES string of the molecule is C=CCN1CCN(C(=O)c2ccccc2C(F)(F)F)CCC1=O. The Morgan fingerprint density at radius 1 is 1.22 bits per heavy atom. The molecule has 0 spiro atoms. The highest BCUT2D eigenvalue weighted by Crippen LogP contribution is 2.32. The van der Waals surface area contributed by atoms with Crippen molar-refractivity contribution in [1.29, 1.82) is 0 Å². The van der Waals surface area contributed by atoms with Crippen molar-refractivity contribution in [2.75, 3.05) is 26.2 Å². The highest BCUT2D eigenvalue weighted by Gasteiger charge is 2.36. The average molecular weight is 326 g/mol. The van der Waals surface area contributed by atoms with Crippen LogP contribution >= 0.6 is 0 Å². The number of benzene rings is 1. The van der Waals surface area contributed by atoms with Gasteiger partial charge in [-0.2, -0.15) is 13.2 Å². The van der Waals surface area contributed by atoms with Crippen molar-refractivity contribution < 1.29 is 22.8 Å². The van der Waals surface area contributed by atoms with E-state index in [0.717, 1.165) is 6.07 Å². The molecular formula is C16H17F3N2O2. The molecule has 2 amide bonds. The fourth-order valence-electron chi connectivity index (χ4n) is 2.51. The Hall–Kier alpha value is -2.31. The summed E-state index contributed by atoms with van der Waals surface area (Å²) in [5.74, 6) is -0.838. The second-order valence-corrected chi connectivity index (χ2v) is 5.21. The van der Waals surface area contributed by atoms with Gasteiger partial charge < -0.3 is 9.80 Å². The van der Waals surface area contributed by atoms with E-state index < -0.39 is 17.6 Å². The van der Waals surface area contributed by atoms with Gasteiger partial charge in [-0.1, -0.05) is 18.2 Å². The average Bonchev–Trinajstić information content (AvgIpc) is 2.69. The van der Waals surface area contributed by atoms with Crippen LogP contribution in [0.5, 0.6) is 0 Å². The first-order valence-corrected chi connectivity index (χ1v) is 7.18. The lowest BCUT2D eigenvalue weighted by Gasteiger charge is -2.23. The normalized spacial score (nSPS) is 16.2. The minimum atomic E-state index is -4.59. The van der Waals surface area contributed by atoms with Crippen LogP contribution in [0.1, 0.15) is 22.3 Å². The van der Waals surface area contributed by atoms with Gasteiger partial charge in [-0.05, 0) is 12.1 Å². The largest absolute Gasteiger partial charge is 0.417 e. The molecule has 1 aromatic rings. The number of hydrogen-bond acceptors (Lipinski definition) is 2. The Bertz CT molecular complexity index is 614. The molecule has 0 radical (unpaired) electrons. The van der Waals surface area contributed by atoms with Crippen LogP contribution < -0.4 is 0 Å². The van der Waals surface area contributed by atoms with E-state index in [1.165, 1.54) is 28.0 Å². The Morgan fingerprint density at radius 3 is 2.57 bits per heavy atom. The predicted octanol–water partition coefficient (Wildman–Crippen LogP) is 2.57. The summed E-state index contributed by atoms with van der Waals surface area (Å²) < 4.78 is 39.1. The number of alkyl halides is 3. The van der Waals surface area contributed by atoms with Crippen LogP contribution in [-0.2, 0) is 11.0 Å². The Labute approximate surface area is 132 Å². The maximum Gasteiger partial charge on any atom is 0.417 e. The van der Waals surface area contributed by atoms with Gasteiger partial charge in [0.1, 0.15) is 0 Å². The Balaban J connectivity index is 2.22. The first-order chi connectivity index (χ1) is 10.8. The van der Waals surface area contributed by atoms with E-state index in [9.17, 15) is 22.8 Å². The zero-order valence-electron chi connectivity index (χ0n) is 12.5. The number of carbonyl (C=O) groups is 2. The zero-order valence-corrected chi connectivity index (χ0v) is 12.5. The molecule has 0 N–H and O–H groups in total. The molecule has 23 heavy (non-hydrogen) atoms. The predicted molar refractivity (Wildman–Crippen MR) is 78.7 cm³/mol. The van der Waals surface area contributed by atoms with E-state index >= 15 is 0 Å². The molecule has 0 unspecified atom stereocenters. The molecule has 0 atom stereocenters. The molecule has 2 rings (SSSR count). The molecule has 0 aliphatic carbocycles. The topological polar surface area (TPSA) is 40.6 Å². The van der Waals surface area contributed by atoms with Crippen molar-refractivity contribution in [3.05, 3.63) is 48.0 Å². The summed E-state index contributed by atoms with van der Waals surface area (Å²) in [6.45, 7) is 4.51. The maximum atomic E-state index is 13.0. The summed E-state index contributed by atoms with van der Waals surface area (Å²) in [5.41, 5.74) is -1.34. The molecule has 1 aromatic carbocycles. The van der Waals surface area contributed by atoms with Crippen molar-refractivity contribution in [3.63, 3.8) is 0 Å². The van der Waals surface area contributed by atoms with Gasteiger partial charge >= 0.3 is 6.18 Å². The Kier molecular flexibility index (Phi) is 5.08. The third kappa shape index (κ3) is 3.91. The van der Waals surface area contributed by atoms with Gasteiger partial charge in [0.15, 0.2) is 0 Å². The van der Waals surface area contributed by atoms with Gasteiger partial charge in [0.25, 0.3) is 5.91 Å². The summed E-state index contributed by atoms with van der Waals surface area (Å²) in [6.07, 6.45) is -2.93. The quantitative estimate of drug-likeness (QED) is 0.801. The number of carbonyl (C=O) groups excluding carboxylic acids is 2. The standard InChI is InChI=1S/C16H17F3N2O2/c1-2-8-20-10-11-21(9-7-14(20)22)15(23)12-5-3-4-6-13(12)16(17,18)19/h2-6H,1,7-11H2. The lowest BCUT2D eigenvalue weighted by atomic mass is 10.1. The summed E-state index contributed by atoms with van der Waals surface area (Å²) >= 11 is 0. The number of nitrogens with zero attached hydrogens (tertiary/aromatic N) is 2. The molecule has 4 nitrogen and oxygen atoms in total. The highest BCUT2D eigenvalue weighted by atomic mass is 19.4. The van der Waals surface area contributed by atoms with Crippen molar-refractivity contribution in [2.45, 2.75) is 12.6 Å². The van der Waals surface area contributed by atoms with E-state index in [0.29, 0.717) is 6.54 Å². The lowest BCUT2D eigenvalue weighted by molar-refractivity contribution is -0.138. The third-order valence-electron chi connectivity index (χ3n) is 3.69. The molecule has 1 aliphatic heterocycles. The van der Waals surface area contributed by atoms with Crippen molar-refractivity contribution in [1.82, 2.24) is 9.80 Å². The third-order valence-corrected chi connectivity index (χ3v) is 3.69. The van der Waals surface area contributed by atoms with E-state index in [2.05, 4.69) is 6.58 Å². The lowest BCUT2D eigenvalue weighted by Crippen LogP contribution is -2.36. The molecule has 1 heterocycles. The van der Waals surface area contributed by atoms with Crippen molar-refractivity contribution in [3.8, 4) is 0 Å². The van der Waals surface area contributed by atoms with Crippen LogP contribution in [-0.4, -0.2) is 47.8 Å². The maximum absolute atomic E-state index is 13.0. The van der Waals surface area contributed by atoms with Crippen molar-refractivity contribution >= 4 is 11.8 Å². The number of rotatable bonds is 3. The second kappa shape index (κ2) is 6.85. The molecule has 1 fully saturated rings. The molecule has 1 aliphatic rings. The number of halogens is 3. The van der Waals surface area contributed by atoms with Gasteiger partial charge in [0.05, 0.1) is 11.1 Å². The van der Waals surface area contributed by atoms with Gasteiger partial charge in [0, 0.05) is 32.6 Å². The number of amides is 2. The highest BCUT2D eigenvalue weighted by molar-refractivity contribution is 5.96. The van der Waals surface area contributed by atoms with Crippen molar-refractivity contribution in [2.24, 2.45) is 0 Å². The monoisotopic (exact) mass is 326 g/mol. The van der Waals surface area contributed by atoms with Gasteiger partial charge in [0.2, 0.25) is 5.91 Å². The Morgan fingerprint density at radius 2 is 1.91 bits per heavy atom. The first-order valence-electron chi connectivity index (χ1n) is 7.18. The van der Waals surface area contributed by atoms with Gasteiger partial charge in [-0.15, -0.1) is 6.58 Å². The minimum absolute atomic E-state index is 0.0910. The van der Waals surface area contributed by atoms with Crippen LogP contribution in [0.25, 0.3) is 0 Å². The smallest absolute Gasteiger partial charge is 0.337 e. The van der Waals surface area contributed by atoms with Crippen LogP contribution in [0.3, 0.4) is 0 Å². The fraction of sp³-hybridized carbons (Fsp3) is 0.375. The van der Waals surface area contributed by atoms with Crippen LogP contribution in [0.2, 0.25) is 0 Å². The molecule has 0 saturated carbocycles. The molecule has 0 bridgehead atoms. The minimum Gasteiger partial charge on any atom is -0.337 e. The van der Waals surface area contributed by atoms with Crippen LogP contribution in [0, 0.1) is 0 Å².